The van der Waals surface area contributed by atoms with Crippen molar-refractivity contribution in [2.45, 2.75) is 85.4 Å². The van der Waals surface area contributed by atoms with E-state index in [0.29, 0.717) is 38.3 Å². The highest BCUT2D eigenvalue weighted by Crippen LogP contribution is 2.13. The van der Waals surface area contributed by atoms with Crippen molar-refractivity contribution < 1.29 is 43.0 Å². The molecule has 0 bridgehead atoms. The first-order chi connectivity index (χ1) is 22.8. The molecule has 0 heterocycles. The van der Waals surface area contributed by atoms with Gasteiger partial charge in [0.2, 0.25) is 23.6 Å². The SMILES string of the molecule is CCCC(=O)NCCOCCOCCC(=O)N[C@H](C(=O)N[C@@H](CCCNC(N)=O)C(=O)Nc1ccc(COC(=O)C(C)C)cc1)C(C)C. The highest BCUT2D eigenvalue weighted by molar-refractivity contribution is 5.98. The molecule has 7 N–H and O–H groups in total. The summed E-state index contributed by atoms with van der Waals surface area (Å²) in [5, 5.41) is 13.4. The Morgan fingerprint density at radius 2 is 1.44 bits per heavy atom. The van der Waals surface area contributed by atoms with E-state index in [1.54, 1.807) is 52.0 Å². The standard InChI is InChI=1S/C33H54N6O9/c1-6-8-27(40)35-16-18-47-20-19-46-17-14-28(41)39-29(22(2)3)31(43)38-26(9-7-15-36-33(34)45)30(42)37-25-12-10-24(11-13-25)21-48-32(44)23(4)5/h10-13,22-23,26,29H,6-9,14-21H2,1-5H3,(H,35,40)(H,37,42)(H,38,43)(H,39,41)(H3,34,36,45)/t26-,29-/m0/s1. The van der Waals surface area contributed by atoms with Gasteiger partial charge in [0, 0.05) is 31.6 Å². The summed E-state index contributed by atoms with van der Waals surface area (Å²) < 4.78 is 16.1. The van der Waals surface area contributed by atoms with Crippen LogP contribution in [0.2, 0.25) is 0 Å². The number of nitrogens with two attached hydrogens (primary N) is 1. The third kappa shape index (κ3) is 18.8. The van der Waals surface area contributed by atoms with Crippen molar-refractivity contribution in [3.05, 3.63) is 29.8 Å². The number of anilines is 1. The van der Waals surface area contributed by atoms with Crippen LogP contribution in [-0.2, 0) is 44.8 Å². The summed E-state index contributed by atoms with van der Waals surface area (Å²) in [6.07, 6.45) is 1.80. The minimum absolute atomic E-state index is 0.0128. The van der Waals surface area contributed by atoms with E-state index in [9.17, 15) is 28.8 Å². The van der Waals surface area contributed by atoms with Gasteiger partial charge in [-0.1, -0.05) is 46.8 Å². The number of amides is 6. The molecule has 1 aromatic rings. The summed E-state index contributed by atoms with van der Waals surface area (Å²) in [6.45, 7) is 10.7. The van der Waals surface area contributed by atoms with Crippen molar-refractivity contribution in [2.24, 2.45) is 17.6 Å². The molecule has 0 spiro atoms. The van der Waals surface area contributed by atoms with Crippen LogP contribution in [0.25, 0.3) is 0 Å². The van der Waals surface area contributed by atoms with Crippen LogP contribution in [0.1, 0.15) is 72.3 Å². The zero-order valence-electron chi connectivity index (χ0n) is 28.9. The molecule has 2 atom stereocenters. The lowest BCUT2D eigenvalue weighted by Crippen LogP contribution is -2.54. The van der Waals surface area contributed by atoms with Gasteiger partial charge in [0.05, 0.1) is 32.3 Å². The predicted molar refractivity (Wildman–Crippen MR) is 179 cm³/mol. The van der Waals surface area contributed by atoms with Crippen molar-refractivity contribution in [1.29, 1.82) is 0 Å². The van der Waals surface area contributed by atoms with E-state index in [1.165, 1.54) is 0 Å². The Morgan fingerprint density at radius 1 is 0.771 bits per heavy atom. The molecule has 1 aromatic carbocycles. The minimum Gasteiger partial charge on any atom is -0.461 e. The molecule has 0 fully saturated rings. The van der Waals surface area contributed by atoms with Gasteiger partial charge in [0.1, 0.15) is 18.7 Å². The molecule has 0 aliphatic heterocycles. The van der Waals surface area contributed by atoms with Crippen LogP contribution in [0.3, 0.4) is 0 Å². The van der Waals surface area contributed by atoms with Crippen molar-refractivity contribution in [3.8, 4) is 0 Å². The second kappa shape index (κ2) is 24.0. The van der Waals surface area contributed by atoms with E-state index in [1.807, 2.05) is 6.92 Å². The number of esters is 1. The maximum atomic E-state index is 13.3. The molecule has 6 amide bonds. The summed E-state index contributed by atoms with van der Waals surface area (Å²) in [6, 6.07) is 4.13. The second-order valence-corrected chi connectivity index (χ2v) is 11.8. The van der Waals surface area contributed by atoms with E-state index in [2.05, 4.69) is 26.6 Å². The zero-order chi connectivity index (χ0) is 35.9. The molecule has 0 saturated heterocycles. The second-order valence-electron chi connectivity index (χ2n) is 11.8. The fraction of sp³-hybridized carbons (Fsp3) is 0.636. The Balaban J connectivity index is 2.66. The van der Waals surface area contributed by atoms with Crippen LogP contribution < -0.4 is 32.3 Å². The van der Waals surface area contributed by atoms with Gasteiger partial charge in [-0.05, 0) is 42.9 Å². The lowest BCUT2D eigenvalue weighted by molar-refractivity contribution is -0.148. The molecule has 0 radical (unpaired) electrons. The van der Waals surface area contributed by atoms with E-state index in [4.69, 9.17) is 19.9 Å². The highest BCUT2D eigenvalue weighted by atomic mass is 16.5. The fourth-order valence-electron chi connectivity index (χ4n) is 4.13. The molecule has 15 nitrogen and oxygen atoms in total. The maximum absolute atomic E-state index is 13.3. The van der Waals surface area contributed by atoms with Gasteiger partial charge >= 0.3 is 12.0 Å². The topological polar surface area (TPSA) is 216 Å². The lowest BCUT2D eigenvalue weighted by Gasteiger charge is -2.25. The summed E-state index contributed by atoms with van der Waals surface area (Å²) in [7, 11) is 0. The molecule has 270 valence electrons. The number of rotatable bonds is 24. The van der Waals surface area contributed by atoms with Gasteiger partial charge in [0.15, 0.2) is 0 Å². The quantitative estimate of drug-likeness (QED) is 0.0692. The molecule has 0 aliphatic carbocycles. The van der Waals surface area contributed by atoms with Crippen LogP contribution in [-0.4, -0.2) is 87.2 Å². The lowest BCUT2D eigenvalue weighted by atomic mass is 10.0. The summed E-state index contributed by atoms with van der Waals surface area (Å²) in [5.41, 5.74) is 6.34. The van der Waals surface area contributed by atoms with Crippen molar-refractivity contribution in [1.82, 2.24) is 21.3 Å². The maximum Gasteiger partial charge on any atom is 0.312 e. The van der Waals surface area contributed by atoms with Crippen LogP contribution in [0.15, 0.2) is 24.3 Å². The number of nitrogens with one attached hydrogen (secondary N) is 5. The smallest absolute Gasteiger partial charge is 0.312 e. The number of hydrogen-bond acceptors (Lipinski definition) is 9. The summed E-state index contributed by atoms with van der Waals surface area (Å²) in [5.74, 6) is -2.29. The van der Waals surface area contributed by atoms with Gasteiger partial charge in [-0.3, -0.25) is 24.0 Å². The van der Waals surface area contributed by atoms with Crippen LogP contribution in [0.4, 0.5) is 10.5 Å². The largest absolute Gasteiger partial charge is 0.461 e. The average molecular weight is 679 g/mol. The fourth-order valence-corrected chi connectivity index (χ4v) is 4.13. The Kier molecular flexibility index (Phi) is 20.9. The number of hydrogen-bond donors (Lipinski definition) is 6. The molecular weight excluding hydrogens is 624 g/mol. The monoisotopic (exact) mass is 678 g/mol. The van der Waals surface area contributed by atoms with E-state index in [0.717, 1.165) is 12.0 Å². The van der Waals surface area contributed by atoms with Crippen molar-refractivity contribution in [3.63, 3.8) is 0 Å². The first-order valence-electron chi connectivity index (χ1n) is 16.5. The van der Waals surface area contributed by atoms with Crippen molar-refractivity contribution in [2.75, 3.05) is 44.8 Å². The molecular formula is C33H54N6O9. The van der Waals surface area contributed by atoms with E-state index < -0.39 is 35.8 Å². The average Bonchev–Trinajstić information content (AvgIpc) is 3.03. The van der Waals surface area contributed by atoms with Crippen LogP contribution in [0.5, 0.6) is 0 Å². The minimum atomic E-state index is -0.986. The first kappa shape index (κ1) is 41.8. The zero-order valence-corrected chi connectivity index (χ0v) is 28.9. The van der Waals surface area contributed by atoms with Gasteiger partial charge in [-0.2, -0.15) is 0 Å². The molecule has 0 unspecified atom stereocenters. The number of carbonyl (C=O) groups is 6. The van der Waals surface area contributed by atoms with E-state index >= 15 is 0 Å². The van der Waals surface area contributed by atoms with Gasteiger partial charge < -0.3 is 46.5 Å². The number of primary amides is 1. The molecule has 0 aliphatic rings. The Morgan fingerprint density at radius 3 is 2.04 bits per heavy atom. The third-order valence-corrected chi connectivity index (χ3v) is 6.83. The molecule has 15 heteroatoms. The Hall–Kier alpha value is -4.24. The first-order valence-corrected chi connectivity index (χ1v) is 16.5. The van der Waals surface area contributed by atoms with Crippen LogP contribution >= 0.6 is 0 Å². The summed E-state index contributed by atoms with van der Waals surface area (Å²) in [4.78, 5) is 73.5. The number of ether oxygens (including phenoxy) is 3. The normalized spacial score (nSPS) is 12.1. The number of urea groups is 1. The Labute approximate surface area is 283 Å². The van der Waals surface area contributed by atoms with E-state index in [-0.39, 0.29) is 62.9 Å². The number of benzene rings is 1. The third-order valence-electron chi connectivity index (χ3n) is 6.83. The molecule has 0 aromatic heterocycles. The molecule has 1 rings (SSSR count). The van der Waals surface area contributed by atoms with Gasteiger partial charge in [0.25, 0.3) is 0 Å². The number of carbonyl (C=O) groups excluding carboxylic acids is 6. The highest BCUT2D eigenvalue weighted by Gasteiger charge is 2.28. The predicted octanol–water partition coefficient (Wildman–Crippen LogP) is 1.74. The van der Waals surface area contributed by atoms with Gasteiger partial charge in [-0.25, -0.2) is 4.79 Å². The van der Waals surface area contributed by atoms with Crippen molar-refractivity contribution >= 4 is 41.3 Å². The Bertz CT molecular complexity index is 1160. The molecule has 48 heavy (non-hydrogen) atoms. The summed E-state index contributed by atoms with van der Waals surface area (Å²) >= 11 is 0. The van der Waals surface area contributed by atoms with Crippen LogP contribution in [0, 0.1) is 11.8 Å². The molecule has 0 saturated carbocycles. The van der Waals surface area contributed by atoms with Gasteiger partial charge in [-0.15, -0.1) is 0 Å².